The lowest BCUT2D eigenvalue weighted by molar-refractivity contribution is -0.119. The molecule has 0 radical (unpaired) electrons. The number of ether oxygens (including phenoxy) is 1. The Morgan fingerprint density at radius 3 is 3.11 bits per heavy atom. The molecule has 1 unspecified atom stereocenters. The molecule has 0 bridgehead atoms. The molecule has 2 heterocycles. The molecule has 19 heavy (non-hydrogen) atoms. The molecule has 102 valence electrons. The molecule has 1 amide bonds. The van der Waals surface area contributed by atoms with E-state index in [1.807, 2.05) is 23.1 Å². The van der Waals surface area contributed by atoms with E-state index in [0.717, 1.165) is 36.4 Å². The maximum Gasteiger partial charge on any atom is 0.227 e. The number of hydrogen-bond donors (Lipinski definition) is 2. The summed E-state index contributed by atoms with van der Waals surface area (Å²) >= 11 is 0. The number of carbonyl (C=O) groups is 1. The third-order valence-corrected chi connectivity index (χ3v) is 3.69. The quantitative estimate of drug-likeness (QED) is 0.762. The molecular formula is C14H19N3O2. The van der Waals surface area contributed by atoms with Gasteiger partial charge in [0, 0.05) is 30.9 Å². The number of rotatable bonds is 2. The summed E-state index contributed by atoms with van der Waals surface area (Å²) in [7, 11) is 0. The number of fused-ring (bicyclic) bond motifs is 1. The minimum Gasteiger partial charge on any atom is -0.399 e. The third kappa shape index (κ3) is 2.57. The zero-order chi connectivity index (χ0) is 13.2. The standard InChI is InChI=1S/C14H19N3O2/c15-11-2-3-13-10(7-11)1-4-14(18)17(13)9-12-8-16-5-6-19-12/h2-3,7,12,16H,1,4-6,8-9,15H2. The van der Waals surface area contributed by atoms with Crippen molar-refractivity contribution in [1.29, 1.82) is 0 Å². The van der Waals surface area contributed by atoms with E-state index in [0.29, 0.717) is 19.6 Å². The number of nitrogen functional groups attached to an aromatic ring is 1. The van der Waals surface area contributed by atoms with Gasteiger partial charge in [-0.2, -0.15) is 0 Å². The van der Waals surface area contributed by atoms with Crippen LogP contribution in [-0.2, 0) is 16.0 Å². The van der Waals surface area contributed by atoms with E-state index in [-0.39, 0.29) is 12.0 Å². The van der Waals surface area contributed by atoms with E-state index in [1.54, 1.807) is 0 Å². The van der Waals surface area contributed by atoms with Crippen molar-refractivity contribution in [2.75, 3.05) is 36.9 Å². The third-order valence-electron chi connectivity index (χ3n) is 3.69. The lowest BCUT2D eigenvalue weighted by Gasteiger charge is -2.34. The number of benzene rings is 1. The first-order valence-corrected chi connectivity index (χ1v) is 6.75. The molecule has 0 spiro atoms. The van der Waals surface area contributed by atoms with Crippen LogP contribution in [0.25, 0.3) is 0 Å². The fourth-order valence-electron chi connectivity index (χ4n) is 2.72. The molecule has 1 saturated heterocycles. The van der Waals surface area contributed by atoms with E-state index in [4.69, 9.17) is 10.5 Å². The highest BCUT2D eigenvalue weighted by Crippen LogP contribution is 2.29. The summed E-state index contributed by atoms with van der Waals surface area (Å²) in [4.78, 5) is 14.0. The van der Waals surface area contributed by atoms with E-state index in [2.05, 4.69) is 5.32 Å². The Morgan fingerprint density at radius 1 is 1.42 bits per heavy atom. The second-order valence-electron chi connectivity index (χ2n) is 5.09. The molecule has 2 aliphatic heterocycles. The summed E-state index contributed by atoms with van der Waals surface area (Å²) in [5, 5.41) is 3.29. The molecule has 3 rings (SSSR count). The second-order valence-corrected chi connectivity index (χ2v) is 5.09. The van der Waals surface area contributed by atoms with Gasteiger partial charge in [0.25, 0.3) is 0 Å². The molecule has 5 nitrogen and oxygen atoms in total. The van der Waals surface area contributed by atoms with Crippen LogP contribution in [0.15, 0.2) is 18.2 Å². The predicted molar refractivity (Wildman–Crippen MR) is 74.1 cm³/mol. The molecule has 1 atom stereocenters. The van der Waals surface area contributed by atoms with Crippen LogP contribution in [0.1, 0.15) is 12.0 Å². The van der Waals surface area contributed by atoms with E-state index >= 15 is 0 Å². The van der Waals surface area contributed by atoms with Gasteiger partial charge >= 0.3 is 0 Å². The minimum atomic E-state index is 0.0706. The zero-order valence-corrected chi connectivity index (χ0v) is 10.9. The van der Waals surface area contributed by atoms with Gasteiger partial charge < -0.3 is 20.7 Å². The first-order valence-electron chi connectivity index (χ1n) is 6.75. The molecule has 1 fully saturated rings. The van der Waals surface area contributed by atoms with Crippen molar-refractivity contribution in [3.05, 3.63) is 23.8 Å². The highest BCUT2D eigenvalue weighted by molar-refractivity contribution is 5.96. The smallest absolute Gasteiger partial charge is 0.227 e. The Hall–Kier alpha value is -1.59. The molecule has 0 aromatic heterocycles. The van der Waals surface area contributed by atoms with Gasteiger partial charge in [-0.3, -0.25) is 4.79 Å². The summed E-state index contributed by atoms with van der Waals surface area (Å²) < 4.78 is 5.69. The molecule has 2 aliphatic rings. The molecule has 0 saturated carbocycles. The number of anilines is 2. The average molecular weight is 261 g/mol. The Bertz CT molecular complexity index is 484. The van der Waals surface area contributed by atoms with Gasteiger partial charge in [0.2, 0.25) is 5.91 Å². The zero-order valence-electron chi connectivity index (χ0n) is 10.9. The van der Waals surface area contributed by atoms with E-state index in [9.17, 15) is 4.79 Å². The summed E-state index contributed by atoms with van der Waals surface area (Å²) in [5.74, 6) is 0.173. The normalized spacial score (nSPS) is 23.3. The largest absolute Gasteiger partial charge is 0.399 e. The van der Waals surface area contributed by atoms with Crippen LogP contribution in [0.5, 0.6) is 0 Å². The number of amides is 1. The fraction of sp³-hybridized carbons (Fsp3) is 0.500. The number of nitrogens with zero attached hydrogens (tertiary/aromatic N) is 1. The van der Waals surface area contributed by atoms with Crippen molar-refractivity contribution in [2.24, 2.45) is 0 Å². The number of nitrogens with two attached hydrogens (primary N) is 1. The summed E-state index contributed by atoms with van der Waals surface area (Å²) in [6, 6.07) is 5.76. The number of morpholine rings is 1. The van der Waals surface area contributed by atoms with E-state index in [1.165, 1.54) is 0 Å². The molecule has 5 heteroatoms. The fourth-order valence-corrected chi connectivity index (χ4v) is 2.72. The van der Waals surface area contributed by atoms with Crippen LogP contribution >= 0.6 is 0 Å². The number of aryl methyl sites for hydroxylation is 1. The maximum atomic E-state index is 12.1. The van der Waals surface area contributed by atoms with Crippen molar-refractivity contribution in [3.63, 3.8) is 0 Å². The minimum absolute atomic E-state index is 0.0706. The molecule has 0 aliphatic carbocycles. The Balaban J connectivity index is 1.82. The number of nitrogens with one attached hydrogen (secondary N) is 1. The Labute approximate surface area is 112 Å². The van der Waals surface area contributed by atoms with Crippen molar-refractivity contribution < 1.29 is 9.53 Å². The molecule has 1 aromatic rings. The number of hydrogen-bond acceptors (Lipinski definition) is 4. The average Bonchev–Trinajstić information content (AvgIpc) is 2.43. The van der Waals surface area contributed by atoms with Crippen LogP contribution in [0, 0.1) is 0 Å². The van der Waals surface area contributed by atoms with Gasteiger partial charge in [0.15, 0.2) is 0 Å². The van der Waals surface area contributed by atoms with Crippen molar-refractivity contribution in [2.45, 2.75) is 18.9 Å². The summed E-state index contributed by atoms with van der Waals surface area (Å²) in [6.45, 7) is 3.01. The van der Waals surface area contributed by atoms with Crippen LogP contribution in [-0.4, -0.2) is 38.3 Å². The summed E-state index contributed by atoms with van der Waals surface area (Å²) in [6.07, 6.45) is 1.40. The van der Waals surface area contributed by atoms with Gasteiger partial charge in [-0.15, -0.1) is 0 Å². The van der Waals surface area contributed by atoms with Gasteiger partial charge in [-0.05, 0) is 30.2 Å². The van der Waals surface area contributed by atoms with Crippen LogP contribution in [0.2, 0.25) is 0 Å². The van der Waals surface area contributed by atoms with Gasteiger partial charge in [-0.25, -0.2) is 0 Å². The monoisotopic (exact) mass is 261 g/mol. The maximum absolute atomic E-state index is 12.1. The van der Waals surface area contributed by atoms with E-state index < -0.39 is 0 Å². The highest BCUT2D eigenvalue weighted by atomic mass is 16.5. The van der Waals surface area contributed by atoms with Crippen LogP contribution < -0.4 is 16.0 Å². The highest BCUT2D eigenvalue weighted by Gasteiger charge is 2.27. The van der Waals surface area contributed by atoms with Gasteiger partial charge in [-0.1, -0.05) is 0 Å². The first kappa shape index (κ1) is 12.4. The molecular weight excluding hydrogens is 242 g/mol. The second kappa shape index (κ2) is 5.19. The number of carbonyl (C=O) groups excluding carboxylic acids is 1. The molecule has 1 aromatic carbocycles. The van der Waals surface area contributed by atoms with Crippen LogP contribution in [0.3, 0.4) is 0 Å². The van der Waals surface area contributed by atoms with Crippen LogP contribution in [0.4, 0.5) is 11.4 Å². The lowest BCUT2D eigenvalue weighted by Crippen LogP contribution is -2.48. The SMILES string of the molecule is Nc1ccc2c(c1)CCC(=O)N2CC1CNCCO1. The Morgan fingerprint density at radius 2 is 2.32 bits per heavy atom. The molecule has 3 N–H and O–H groups in total. The summed E-state index contributed by atoms with van der Waals surface area (Å²) in [5.41, 5.74) is 8.70. The van der Waals surface area contributed by atoms with Gasteiger partial charge in [0.05, 0.1) is 19.3 Å². The van der Waals surface area contributed by atoms with Crippen molar-refractivity contribution in [3.8, 4) is 0 Å². The van der Waals surface area contributed by atoms with Crippen molar-refractivity contribution >= 4 is 17.3 Å². The Kier molecular flexibility index (Phi) is 3.40. The van der Waals surface area contributed by atoms with Gasteiger partial charge in [0.1, 0.15) is 0 Å². The first-order chi connectivity index (χ1) is 9.24. The van der Waals surface area contributed by atoms with Crippen molar-refractivity contribution in [1.82, 2.24) is 5.32 Å². The topological polar surface area (TPSA) is 67.6 Å². The predicted octanol–water partition coefficient (Wildman–Crippen LogP) is 0.536. The lowest BCUT2D eigenvalue weighted by atomic mass is 10.00.